The summed E-state index contributed by atoms with van der Waals surface area (Å²) in [7, 11) is 0. The van der Waals surface area contributed by atoms with Crippen molar-refractivity contribution in [2.45, 2.75) is 33.4 Å². The van der Waals surface area contributed by atoms with Crippen LogP contribution in [-0.2, 0) is 22.6 Å². The maximum Gasteiger partial charge on any atom is 0.257 e. The first-order valence-electron chi connectivity index (χ1n) is 12.3. The summed E-state index contributed by atoms with van der Waals surface area (Å²) in [4.78, 5) is 31.2. The second kappa shape index (κ2) is 12.7. The third-order valence-corrected chi connectivity index (χ3v) is 7.11. The summed E-state index contributed by atoms with van der Waals surface area (Å²) in [6.45, 7) is 5.91. The lowest BCUT2D eigenvalue weighted by Crippen LogP contribution is -2.43. The molecule has 0 N–H and O–H groups in total. The molecule has 1 aromatic heterocycles. The standard InChI is InChI=1S/C28H31FN2O5S/c1-3-34-13-6-12-30(28(33)22-7-4-5-8-23(22)29)18-27(32)31(17-26-20(2)11-14-37-26)16-21-9-10-24-25(15-21)36-19-35-24/h4-5,7-11,14-15H,3,6,12-13,16-19H2,1-2H3. The SMILES string of the molecule is CCOCCCN(CC(=O)N(Cc1ccc2c(c1)OCO2)Cc1sccc1C)C(=O)c1ccccc1F. The topological polar surface area (TPSA) is 68.3 Å². The van der Waals surface area contributed by atoms with Crippen molar-refractivity contribution in [3.8, 4) is 11.5 Å². The Morgan fingerprint density at radius 1 is 1.05 bits per heavy atom. The number of rotatable bonds is 12. The highest BCUT2D eigenvalue weighted by molar-refractivity contribution is 7.10. The molecule has 2 heterocycles. The quantitative estimate of drug-likeness (QED) is 0.310. The number of halogens is 1. The van der Waals surface area contributed by atoms with E-state index in [-0.39, 0.29) is 31.4 Å². The molecule has 4 rings (SSSR count). The molecule has 7 nitrogen and oxygen atoms in total. The third kappa shape index (κ3) is 6.87. The fourth-order valence-electron chi connectivity index (χ4n) is 4.05. The Bertz CT molecular complexity index is 1230. The zero-order valence-corrected chi connectivity index (χ0v) is 21.9. The Balaban J connectivity index is 1.55. The molecule has 2 amide bonds. The van der Waals surface area contributed by atoms with Crippen molar-refractivity contribution < 1.29 is 28.2 Å². The number of amides is 2. The minimum absolute atomic E-state index is 0.0527. The average Bonchev–Trinajstić information content (AvgIpc) is 3.53. The Morgan fingerprint density at radius 2 is 1.86 bits per heavy atom. The van der Waals surface area contributed by atoms with Crippen LogP contribution in [0.3, 0.4) is 0 Å². The van der Waals surface area contributed by atoms with E-state index in [1.807, 2.05) is 43.5 Å². The van der Waals surface area contributed by atoms with Crippen LogP contribution in [0, 0.1) is 12.7 Å². The van der Waals surface area contributed by atoms with Gasteiger partial charge in [-0.3, -0.25) is 9.59 Å². The molecule has 0 saturated carbocycles. The zero-order chi connectivity index (χ0) is 26.2. The van der Waals surface area contributed by atoms with Gasteiger partial charge >= 0.3 is 0 Å². The number of carbonyl (C=O) groups is 2. The molecule has 0 bridgehead atoms. The van der Waals surface area contributed by atoms with Crippen LogP contribution in [0.2, 0.25) is 0 Å². The molecule has 0 spiro atoms. The molecule has 9 heteroatoms. The van der Waals surface area contributed by atoms with Gasteiger partial charge in [0.2, 0.25) is 12.7 Å². The molecule has 196 valence electrons. The minimum atomic E-state index is -0.610. The molecule has 0 saturated heterocycles. The number of nitrogens with zero attached hydrogens (tertiary/aromatic N) is 2. The number of ether oxygens (including phenoxy) is 3. The lowest BCUT2D eigenvalue weighted by Gasteiger charge is -2.28. The Labute approximate surface area is 220 Å². The van der Waals surface area contributed by atoms with Crippen LogP contribution in [0.1, 0.15) is 39.7 Å². The first-order valence-corrected chi connectivity index (χ1v) is 13.1. The van der Waals surface area contributed by atoms with E-state index in [9.17, 15) is 14.0 Å². The van der Waals surface area contributed by atoms with Crippen molar-refractivity contribution in [2.24, 2.45) is 0 Å². The normalized spacial score (nSPS) is 12.0. The molecule has 37 heavy (non-hydrogen) atoms. The number of aryl methyl sites for hydroxylation is 1. The van der Waals surface area contributed by atoms with E-state index in [0.717, 1.165) is 16.0 Å². The summed E-state index contributed by atoms with van der Waals surface area (Å²) in [5, 5.41) is 2.00. The van der Waals surface area contributed by atoms with Crippen molar-refractivity contribution >= 4 is 23.2 Å². The van der Waals surface area contributed by atoms with Gasteiger partial charge in [0, 0.05) is 31.2 Å². The van der Waals surface area contributed by atoms with Crippen molar-refractivity contribution in [3.63, 3.8) is 0 Å². The van der Waals surface area contributed by atoms with Crippen LogP contribution in [0.25, 0.3) is 0 Å². The van der Waals surface area contributed by atoms with Crippen LogP contribution in [-0.4, -0.2) is 54.7 Å². The number of fused-ring (bicyclic) bond motifs is 1. The van der Waals surface area contributed by atoms with Gasteiger partial charge < -0.3 is 24.0 Å². The molecular formula is C28H31FN2O5S. The zero-order valence-electron chi connectivity index (χ0n) is 21.1. The first-order chi connectivity index (χ1) is 18.0. The molecular weight excluding hydrogens is 495 g/mol. The Morgan fingerprint density at radius 3 is 2.62 bits per heavy atom. The maximum atomic E-state index is 14.4. The van der Waals surface area contributed by atoms with Gasteiger partial charge in [0.05, 0.1) is 12.1 Å². The van der Waals surface area contributed by atoms with Crippen LogP contribution in [0.15, 0.2) is 53.9 Å². The van der Waals surface area contributed by atoms with E-state index < -0.39 is 11.7 Å². The van der Waals surface area contributed by atoms with Gasteiger partial charge in [-0.1, -0.05) is 18.2 Å². The van der Waals surface area contributed by atoms with Crippen molar-refractivity contribution in [3.05, 3.63) is 81.3 Å². The first kappa shape index (κ1) is 26.6. The molecule has 0 unspecified atom stereocenters. The molecule has 2 aromatic carbocycles. The number of hydrogen-bond acceptors (Lipinski definition) is 6. The van der Waals surface area contributed by atoms with Crippen LogP contribution < -0.4 is 9.47 Å². The lowest BCUT2D eigenvalue weighted by atomic mass is 10.1. The summed E-state index contributed by atoms with van der Waals surface area (Å²) < 4.78 is 30.8. The predicted molar refractivity (Wildman–Crippen MR) is 139 cm³/mol. The second-order valence-corrected chi connectivity index (χ2v) is 9.72. The third-order valence-electron chi connectivity index (χ3n) is 6.10. The van der Waals surface area contributed by atoms with E-state index in [1.54, 1.807) is 22.3 Å². The van der Waals surface area contributed by atoms with E-state index in [0.29, 0.717) is 44.2 Å². The maximum absolute atomic E-state index is 14.4. The van der Waals surface area contributed by atoms with Crippen LogP contribution in [0.5, 0.6) is 11.5 Å². The summed E-state index contributed by atoms with van der Waals surface area (Å²) in [6, 6.07) is 13.5. The monoisotopic (exact) mass is 526 g/mol. The molecule has 1 aliphatic heterocycles. The van der Waals surface area contributed by atoms with Crippen molar-refractivity contribution in [1.82, 2.24) is 9.80 Å². The minimum Gasteiger partial charge on any atom is -0.454 e. The summed E-state index contributed by atoms with van der Waals surface area (Å²) in [6.07, 6.45) is 0.535. The van der Waals surface area contributed by atoms with E-state index in [1.165, 1.54) is 23.1 Å². The Hall–Kier alpha value is -3.43. The van der Waals surface area contributed by atoms with Crippen LogP contribution in [0.4, 0.5) is 4.39 Å². The fraction of sp³-hybridized carbons (Fsp3) is 0.357. The predicted octanol–water partition coefficient (Wildman–Crippen LogP) is 5.02. The Kier molecular flexibility index (Phi) is 9.14. The second-order valence-electron chi connectivity index (χ2n) is 8.72. The molecule has 0 aliphatic carbocycles. The van der Waals surface area contributed by atoms with Gasteiger partial charge in [-0.2, -0.15) is 0 Å². The summed E-state index contributed by atoms with van der Waals surface area (Å²) in [5.74, 6) is -0.0396. The van der Waals surface area contributed by atoms with E-state index in [4.69, 9.17) is 14.2 Å². The largest absolute Gasteiger partial charge is 0.454 e. The highest BCUT2D eigenvalue weighted by Crippen LogP contribution is 2.33. The smallest absolute Gasteiger partial charge is 0.257 e. The van der Waals surface area contributed by atoms with Crippen LogP contribution >= 0.6 is 11.3 Å². The van der Waals surface area contributed by atoms with Gasteiger partial charge in [0.1, 0.15) is 12.4 Å². The van der Waals surface area contributed by atoms with Gasteiger partial charge in [-0.25, -0.2) is 4.39 Å². The molecule has 0 atom stereocenters. The molecule has 3 aromatic rings. The highest BCUT2D eigenvalue weighted by Gasteiger charge is 2.25. The van der Waals surface area contributed by atoms with Gasteiger partial charge in [0.15, 0.2) is 11.5 Å². The number of carbonyl (C=O) groups excluding carboxylic acids is 2. The highest BCUT2D eigenvalue weighted by atomic mass is 32.1. The van der Waals surface area contributed by atoms with Gasteiger partial charge in [0.25, 0.3) is 5.91 Å². The molecule has 0 radical (unpaired) electrons. The number of thiophene rings is 1. The van der Waals surface area contributed by atoms with Gasteiger partial charge in [-0.15, -0.1) is 11.3 Å². The van der Waals surface area contributed by atoms with E-state index in [2.05, 4.69) is 0 Å². The van der Waals surface area contributed by atoms with Crippen molar-refractivity contribution in [2.75, 3.05) is 33.1 Å². The van der Waals surface area contributed by atoms with E-state index >= 15 is 0 Å². The fourth-order valence-corrected chi connectivity index (χ4v) is 4.97. The number of hydrogen-bond donors (Lipinski definition) is 0. The number of benzene rings is 2. The molecule has 0 fully saturated rings. The van der Waals surface area contributed by atoms with Crippen molar-refractivity contribution in [1.29, 1.82) is 0 Å². The summed E-state index contributed by atoms with van der Waals surface area (Å²) >= 11 is 1.58. The average molecular weight is 527 g/mol. The lowest BCUT2D eigenvalue weighted by molar-refractivity contribution is -0.133. The van der Waals surface area contributed by atoms with Gasteiger partial charge in [-0.05, 0) is 67.1 Å². The summed E-state index contributed by atoms with van der Waals surface area (Å²) in [5.41, 5.74) is 1.93. The molecule has 1 aliphatic rings.